The molecule has 0 radical (unpaired) electrons. The maximum absolute atomic E-state index is 12.1. The fraction of sp³-hybridized carbons (Fsp3) is 0.154. The predicted molar refractivity (Wildman–Crippen MR) is 92.6 cm³/mol. The van der Waals surface area contributed by atoms with Crippen molar-refractivity contribution >= 4 is 48.9 Å². The molecule has 0 aliphatic heterocycles. The molecular formula is C13H12BrN3O5S2. The average molecular weight is 434 g/mol. The van der Waals surface area contributed by atoms with Gasteiger partial charge in [0.15, 0.2) is 0 Å². The molecule has 0 spiro atoms. The number of nitrogens with zero attached hydrogens (tertiary/aromatic N) is 1. The van der Waals surface area contributed by atoms with E-state index in [1.54, 1.807) is 11.4 Å². The Morgan fingerprint density at radius 3 is 2.67 bits per heavy atom. The van der Waals surface area contributed by atoms with Gasteiger partial charge in [0.1, 0.15) is 4.88 Å². The lowest BCUT2D eigenvalue weighted by Gasteiger charge is -2.07. The maximum atomic E-state index is 12.1. The van der Waals surface area contributed by atoms with Crippen LogP contribution in [-0.4, -0.2) is 32.3 Å². The van der Waals surface area contributed by atoms with Crippen molar-refractivity contribution in [3.63, 3.8) is 0 Å². The van der Waals surface area contributed by atoms with Gasteiger partial charge < -0.3 is 5.32 Å². The molecule has 0 atom stereocenters. The third-order valence-electron chi connectivity index (χ3n) is 2.86. The van der Waals surface area contributed by atoms with Crippen LogP contribution in [-0.2, 0) is 10.0 Å². The van der Waals surface area contributed by atoms with Crippen LogP contribution in [0.15, 0.2) is 45.1 Å². The summed E-state index contributed by atoms with van der Waals surface area (Å²) in [5.74, 6) is -0.313. The third kappa shape index (κ3) is 4.60. The van der Waals surface area contributed by atoms with Crippen LogP contribution in [0.3, 0.4) is 0 Å². The molecule has 24 heavy (non-hydrogen) atoms. The molecular weight excluding hydrogens is 422 g/mol. The van der Waals surface area contributed by atoms with Crippen LogP contribution in [0, 0.1) is 10.1 Å². The van der Waals surface area contributed by atoms with Gasteiger partial charge in [-0.05, 0) is 33.4 Å². The Bertz CT molecular complexity index is 866. The molecule has 1 amide bonds. The zero-order chi connectivity index (χ0) is 17.7. The van der Waals surface area contributed by atoms with Gasteiger partial charge in [0.25, 0.3) is 11.6 Å². The highest BCUT2D eigenvalue weighted by atomic mass is 79.9. The molecule has 11 heteroatoms. The number of hydrogen-bond donors (Lipinski definition) is 2. The van der Waals surface area contributed by atoms with Crippen LogP contribution >= 0.6 is 27.3 Å². The highest BCUT2D eigenvalue weighted by Crippen LogP contribution is 2.22. The van der Waals surface area contributed by atoms with E-state index in [2.05, 4.69) is 26.0 Å². The Balaban J connectivity index is 1.91. The first-order chi connectivity index (χ1) is 11.3. The molecule has 0 unspecified atom stereocenters. The SMILES string of the molecule is O=C(NCCNS(=O)(=O)c1cccc([N+](=O)[O-])c1)c1sccc1Br. The van der Waals surface area contributed by atoms with Crippen molar-refractivity contribution in [1.29, 1.82) is 0 Å². The molecule has 1 aromatic carbocycles. The van der Waals surface area contributed by atoms with Crippen molar-refractivity contribution in [2.75, 3.05) is 13.1 Å². The monoisotopic (exact) mass is 433 g/mol. The van der Waals surface area contributed by atoms with Crippen molar-refractivity contribution in [1.82, 2.24) is 10.0 Å². The maximum Gasteiger partial charge on any atom is 0.270 e. The number of benzene rings is 1. The number of hydrogen-bond acceptors (Lipinski definition) is 6. The normalized spacial score (nSPS) is 11.2. The van der Waals surface area contributed by atoms with Crippen LogP contribution in [0.4, 0.5) is 5.69 Å². The number of carbonyl (C=O) groups excluding carboxylic acids is 1. The second-order valence-electron chi connectivity index (χ2n) is 4.51. The van der Waals surface area contributed by atoms with Crippen LogP contribution in [0.2, 0.25) is 0 Å². The summed E-state index contributed by atoms with van der Waals surface area (Å²) in [6.07, 6.45) is 0. The number of nitro groups is 1. The zero-order valence-corrected chi connectivity index (χ0v) is 15.3. The first kappa shape index (κ1) is 18.5. The van der Waals surface area contributed by atoms with E-state index in [0.717, 1.165) is 6.07 Å². The minimum absolute atomic E-state index is 0.0419. The molecule has 0 fully saturated rings. The Kier molecular flexibility index (Phi) is 6.04. The number of non-ortho nitro benzene ring substituents is 1. The lowest BCUT2D eigenvalue weighted by Crippen LogP contribution is -2.34. The smallest absolute Gasteiger partial charge is 0.270 e. The molecule has 0 saturated carbocycles. The van der Waals surface area contributed by atoms with Crippen molar-refractivity contribution in [2.24, 2.45) is 0 Å². The summed E-state index contributed by atoms with van der Waals surface area (Å²) < 4.78 is 27.1. The van der Waals surface area contributed by atoms with E-state index in [4.69, 9.17) is 0 Å². The molecule has 2 N–H and O–H groups in total. The Morgan fingerprint density at radius 2 is 2.04 bits per heavy atom. The first-order valence-corrected chi connectivity index (χ1v) is 9.72. The highest BCUT2D eigenvalue weighted by molar-refractivity contribution is 9.10. The van der Waals surface area contributed by atoms with E-state index in [1.165, 1.54) is 29.5 Å². The molecule has 0 aliphatic carbocycles. The van der Waals surface area contributed by atoms with Crippen molar-refractivity contribution in [2.45, 2.75) is 4.90 Å². The quantitative estimate of drug-likeness (QED) is 0.393. The van der Waals surface area contributed by atoms with Gasteiger partial charge in [-0.2, -0.15) is 0 Å². The molecule has 1 aromatic heterocycles. The van der Waals surface area contributed by atoms with E-state index >= 15 is 0 Å². The number of carbonyl (C=O) groups is 1. The Labute approximate surface area is 150 Å². The van der Waals surface area contributed by atoms with Crippen LogP contribution < -0.4 is 10.0 Å². The molecule has 0 bridgehead atoms. The number of thiophene rings is 1. The number of halogens is 1. The van der Waals surface area contributed by atoms with Gasteiger partial charge in [0.2, 0.25) is 10.0 Å². The zero-order valence-electron chi connectivity index (χ0n) is 12.1. The van der Waals surface area contributed by atoms with Crippen LogP contribution in [0.5, 0.6) is 0 Å². The van der Waals surface area contributed by atoms with Gasteiger partial charge in [0.05, 0.1) is 9.82 Å². The molecule has 128 valence electrons. The molecule has 0 saturated heterocycles. The molecule has 8 nitrogen and oxygen atoms in total. The predicted octanol–water partition coefficient (Wildman–Crippen LogP) is 2.13. The summed E-state index contributed by atoms with van der Waals surface area (Å²) in [4.78, 5) is 22.2. The largest absolute Gasteiger partial charge is 0.350 e. The minimum atomic E-state index is -3.89. The van der Waals surface area contributed by atoms with Crippen molar-refractivity contribution in [3.05, 3.63) is 55.2 Å². The molecule has 0 aliphatic rings. The van der Waals surface area contributed by atoms with E-state index < -0.39 is 14.9 Å². The number of sulfonamides is 1. The van der Waals surface area contributed by atoms with Crippen LogP contribution in [0.25, 0.3) is 0 Å². The summed E-state index contributed by atoms with van der Waals surface area (Å²) in [5, 5.41) is 15.0. The second kappa shape index (κ2) is 7.83. The summed E-state index contributed by atoms with van der Waals surface area (Å²) in [5.41, 5.74) is -0.311. The lowest BCUT2D eigenvalue weighted by molar-refractivity contribution is -0.385. The van der Waals surface area contributed by atoms with Crippen molar-refractivity contribution in [3.8, 4) is 0 Å². The van der Waals surface area contributed by atoms with Gasteiger partial charge in [0, 0.05) is 29.7 Å². The Hall–Kier alpha value is -1.82. The fourth-order valence-corrected chi connectivity index (χ4v) is 4.28. The number of amides is 1. The van der Waals surface area contributed by atoms with Gasteiger partial charge >= 0.3 is 0 Å². The van der Waals surface area contributed by atoms with Gasteiger partial charge in [-0.3, -0.25) is 14.9 Å². The van der Waals surface area contributed by atoms with E-state index in [9.17, 15) is 23.3 Å². The second-order valence-corrected chi connectivity index (χ2v) is 8.04. The average Bonchev–Trinajstić information content (AvgIpc) is 2.97. The van der Waals surface area contributed by atoms with E-state index in [0.29, 0.717) is 9.35 Å². The molecule has 2 rings (SSSR count). The number of nitro benzene ring substituents is 1. The summed E-state index contributed by atoms with van der Waals surface area (Å²) >= 11 is 4.50. The molecule has 1 heterocycles. The first-order valence-electron chi connectivity index (χ1n) is 6.56. The summed E-state index contributed by atoms with van der Waals surface area (Å²) in [7, 11) is -3.89. The number of nitrogens with one attached hydrogen (secondary N) is 2. The van der Waals surface area contributed by atoms with E-state index in [1.807, 2.05) is 0 Å². The van der Waals surface area contributed by atoms with Gasteiger partial charge in [-0.25, -0.2) is 13.1 Å². The van der Waals surface area contributed by atoms with Gasteiger partial charge in [-0.1, -0.05) is 6.07 Å². The van der Waals surface area contributed by atoms with Crippen LogP contribution in [0.1, 0.15) is 9.67 Å². The lowest BCUT2D eigenvalue weighted by atomic mass is 10.3. The Morgan fingerprint density at radius 1 is 1.29 bits per heavy atom. The number of rotatable bonds is 7. The molecule has 2 aromatic rings. The summed E-state index contributed by atoms with van der Waals surface area (Å²) in [6, 6.07) is 6.48. The fourth-order valence-electron chi connectivity index (χ4n) is 1.75. The standard InChI is InChI=1S/C13H12BrN3O5S2/c14-11-4-7-23-12(11)13(18)15-5-6-16-24(21,22)10-3-1-2-9(8-10)17(19)20/h1-4,7-8,16H,5-6H2,(H,15,18). The minimum Gasteiger partial charge on any atom is -0.350 e. The van der Waals surface area contributed by atoms with Crippen molar-refractivity contribution < 1.29 is 18.1 Å². The third-order valence-corrected chi connectivity index (χ3v) is 6.16. The summed E-state index contributed by atoms with van der Waals surface area (Å²) in [6.45, 7) is 0.0388. The van der Waals surface area contributed by atoms with Gasteiger partial charge in [-0.15, -0.1) is 11.3 Å². The topological polar surface area (TPSA) is 118 Å². The highest BCUT2D eigenvalue weighted by Gasteiger charge is 2.17. The van der Waals surface area contributed by atoms with E-state index in [-0.39, 0.29) is 29.6 Å².